The lowest BCUT2D eigenvalue weighted by atomic mass is 10.1. The third-order valence-corrected chi connectivity index (χ3v) is 3.04. The summed E-state index contributed by atoms with van der Waals surface area (Å²) in [4.78, 5) is 33.2. The monoisotopic (exact) mass is 315 g/mol. The van der Waals surface area contributed by atoms with Crippen molar-refractivity contribution in [3.05, 3.63) is 63.7 Å². The van der Waals surface area contributed by atoms with E-state index in [9.17, 15) is 19.7 Å². The van der Waals surface area contributed by atoms with Gasteiger partial charge < -0.3 is 15.8 Å². The maximum Gasteiger partial charge on any atom is 0.337 e. The highest BCUT2D eigenvalue weighted by atomic mass is 16.6. The molecule has 2 rings (SSSR count). The van der Waals surface area contributed by atoms with Crippen molar-refractivity contribution in [1.29, 1.82) is 0 Å². The van der Waals surface area contributed by atoms with Crippen molar-refractivity contribution in [3.8, 4) is 0 Å². The lowest BCUT2D eigenvalue weighted by molar-refractivity contribution is -0.383. The number of carbonyl (C=O) groups is 2. The Balaban J connectivity index is 2.38. The van der Waals surface area contributed by atoms with Crippen molar-refractivity contribution < 1.29 is 19.2 Å². The van der Waals surface area contributed by atoms with Crippen molar-refractivity contribution in [3.63, 3.8) is 0 Å². The Morgan fingerprint density at radius 3 is 2.52 bits per heavy atom. The third-order valence-electron chi connectivity index (χ3n) is 3.04. The second-order valence-electron chi connectivity index (χ2n) is 4.55. The van der Waals surface area contributed by atoms with E-state index in [1.54, 1.807) is 18.2 Å². The smallest absolute Gasteiger partial charge is 0.337 e. The number of benzene rings is 2. The molecular weight excluding hydrogens is 302 g/mol. The van der Waals surface area contributed by atoms with E-state index in [1.807, 2.05) is 0 Å². The molecule has 0 aliphatic carbocycles. The summed E-state index contributed by atoms with van der Waals surface area (Å²) in [6.45, 7) is 0. The molecule has 0 aliphatic heterocycles. The molecular formula is C15H13N3O5. The standard InChI is InChI=1S/C15H13N3O5/c1-23-15(20)10-3-2-4-11(7-10)17-12-6-5-9(14(16)19)8-13(12)18(21)22/h2-8,17H,1H3,(H2,16,19). The first-order valence-electron chi connectivity index (χ1n) is 6.46. The van der Waals surface area contributed by atoms with Gasteiger partial charge in [-0.1, -0.05) is 6.07 Å². The summed E-state index contributed by atoms with van der Waals surface area (Å²) < 4.78 is 4.62. The molecule has 0 atom stereocenters. The van der Waals surface area contributed by atoms with Gasteiger partial charge in [-0.15, -0.1) is 0 Å². The van der Waals surface area contributed by atoms with Crippen LogP contribution < -0.4 is 11.1 Å². The third kappa shape index (κ3) is 3.62. The highest BCUT2D eigenvalue weighted by molar-refractivity contribution is 5.95. The molecule has 1 amide bonds. The molecule has 0 unspecified atom stereocenters. The van der Waals surface area contributed by atoms with E-state index < -0.39 is 16.8 Å². The number of ether oxygens (including phenoxy) is 1. The van der Waals surface area contributed by atoms with E-state index in [-0.39, 0.29) is 16.9 Å². The number of nitrogens with two attached hydrogens (primary N) is 1. The zero-order valence-electron chi connectivity index (χ0n) is 12.1. The Kier molecular flexibility index (Phi) is 4.55. The van der Waals surface area contributed by atoms with Gasteiger partial charge in [0.15, 0.2) is 0 Å². The number of carbonyl (C=O) groups excluding carboxylic acids is 2. The number of hydrogen-bond acceptors (Lipinski definition) is 6. The first-order chi connectivity index (χ1) is 10.9. The predicted molar refractivity (Wildman–Crippen MR) is 82.7 cm³/mol. The minimum absolute atomic E-state index is 0.0329. The summed E-state index contributed by atoms with van der Waals surface area (Å²) in [5, 5.41) is 14.0. The number of hydrogen-bond donors (Lipinski definition) is 2. The molecule has 0 fully saturated rings. The molecule has 0 aliphatic rings. The Morgan fingerprint density at radius 1 is 1.17 bits per heavy atom. The summed E-state index contributed by atoms with van der Waals surface area (Å²) in [5.41, 5.74) is 5.78. The van der Waals surface area contributed by atoms with Crippen LogP contribution in [0.2, 0.25) is 0 Å². The minimum atomic E-state index is -0.757. The molecule has 2 aromatic rings. The van der Waals surface area contributed by atoms with Crippen LogP contribution in [-0.2, 0) is 4.74 Å². The van der Waals surface area contributed by atoms with E-state index >= 15 is 0 Å². The van der Waals surface area contributed by atoms with Crippen LogP contribution in [0.5, 0.6) is 0 Å². The topological polar surface area (TPSA) is 125 Å². The lowest BCUT2D eigenvalue weighted by Crippen LogP contribution is -2.11. The number of nitrogens with one attached hydrogen (secondary N) is 1. The number of nitrogens with zero attached hydrogens (tertiary/aromatic N) is 1. The van der Waals surface area contributed by atoms with Gasteiger partial charge in [-0.05, 0) is 30.3 Å². The zero-order chi connectivity index (χ0) is 17.0. The van der Waals surface area contributed by atoms with Crippen LogP contribution >= 0.6 is 0 Å². The number of methoxy groups -OCH3 is 1. The average molecular weight is 315 g/mol. The summed E-state index contributed by atoms with van der Waals surface area (Å²) in [6.07, 6.45) is 0. The van der Waals surface area contributed by atoms with Gasteiger partial charge in [0.2, 0.25) is 5.91 Å². The number of anilines is 2. The molecule has 0 saturated heterocycles. The normalized spacial score (nSPS) is 9.96. The number of nitro groups is 1. The quantitative estimate of drug-likeness (QED) is 0.495. The lowest BCUT2D eigenvalue weighted by Gasteiger charge is -2.09. The second-order valence-corrected chi connectivity index (χ2v) is 4.55. The summed E-state index contributed by atoms with van der Waals surface area (Å²) in [5.74, 6) is -1.28. The van der Waals surface area contributed by atoms with Gasteiger partial charge in [0.25, 0.3) is 5.69 Å². The van der Waals surface area contributed by atoms with Gasteiger partial charge in [0.05, 0.1) is 17.6 Å². The van der Waals surface area contributed by atoms with Gasteiger partial charge in [0, 0.05) is 17.3 Å². The molecule has 0 heterocycles. The Hall–Kier alpha value is -3.42. The van der Waals surface area contributed by atoms with E-state index in [1.165, 1.54) is 25.3 Å². The van der Waals surface area contributed by atoms with Crippen molar-refractivity contribution >= 4 is 28.9 Å². The van der Waals surface area contributed by atoms with Crippen LogP contribution in [0.3, 0.4) is 0 Å². The summed E-state index contributed by atoms with van der Waals surface area (Å²) in [7, 11) is 1.26. The molecule has 0 spiro atoms. The van der Waals surface area contributed by atoms with Crippen LogP contribution in [0.25, 0.3) is 0 Å². The zero-order valence-corrected chi connectivity index (χ0v) is 12.1. The molecule has 0 bridgehead atoms. The molecule has 2 aromatic carbocycles. The Bertz CT molecular complexity index is 788. The van der Waals surface area contributed by atoms with Gasteiger partial charge in [-0.3, -0.25) is 14.9 Å². The summed E-state index contributed by atoms with van der Waals surface area (Å²) in [6, 6.07) is 10.1. The number of esters is 1. The van der Waals surface area contributed by atoms with Gasteiger partial charge >= 0.3 is 5.97 Å². The average Bonchev–Trinajstić information content (AvgIpc) is 2.54. The van der Waals surface area contributed by atoms with Gasteiger partial charge in [0.1, 0.15) is 5.69 Å². The predicted octanol–water partition coefficient (Wildman–Crippen LogP) is 2.22. The number of primary amides is 1. The Labute approximate surface area is 131 Å². The second kappa shape index (κ2) is 6.56. The maximum atomic E-state index is 11.5. The molecule has 23 heavy (non-hydrogen) atoms. The first kappa shape index (κ1) is 16.0. The fourth-order valence-corrected chi connectivity index (χ4v) is 1.94. The maximum absolute atomic E-state index is 11.5. The molecule has 0 aromatic heterocycles. The van der Waals surface area contributed by atoms with E-state index in [0.29, 0.717) is 11.3 Å². The summed E-state index contributed by atoms with van der Waals surface area (Å²) >= 11 is 0. The van der Waals surface area contributed by atoms with Crippen molar-refractivity contribution in [2.75, 3.05) is 12.4 Å². The number of nitro benzene ring substituents is 1. The highest BCUT2D eigenvalue weighted by Gasteiger charge is 2.17. The minimum Gasteiger partial charge on any atom is -0.465 e. The first-order valence-corrected chi connectivity index (χ1v) is 6.46. The van der Waals surface area contributed by atoms with Crippen molar-refractivity contribution in [2.24, 2.45) is 5.73 Å². The fraction of sp³-hybridized carbons (Fsp3) is 0.0667. The molecule has 0 saturated carbocycles. The van der Waals surface area contributed by atoms with Crippen LogP contribution in [0.4, 0.5) is 17.1 Å². The van der Waals surface area contributed by atoms with Crippen molar-refractivity contribution in [2.45, 2.75) is 0 Å². The molecule has 8 nitrogen and oxygen atoms in total. The van der Waals surface area contributed by atoms with Crippen LogP contribution in [0, 0.1) is 10.1 Å². The molecule has 8 heteroatoms. The van der Waals surface area contributed by atoms with E-state index in [4.69, 9.17) is 5.73 Å². The van der Waals surface area contributed by atoms with Crippen molar-refractivity contribution in [1.82, 2.24) is 0 Å². The fourth-order valence-electron chi connectivity index (χ4n) is 1.94. The van der Waals surface area contributed by atoms with Crippen LogP contribution in [0.15, 0.2) is 42.5 Å². The van der Waals surface area contributed by atoms with E-state index in [0.717, 1.165) is 6.07 Å². The number of rotatable bonds is 5. The largest absolute Gasteiger partial charge is 0.465 e. The SMILES string of the molecule is COC(=O)c1cccc(Nc2ccc(C(N)=O)cc2[N+](=O)[O-])c1. The van der Waals surface area contributed by atoms with Crippen LogP contribution in [-0.4, -0.2) is 23.9 Å². The molecule has 3 N–H and O–H groups in total. The molecule has 0 radical (unpaired) electrons. The molecule has 118 valence electrons. The Morgan fingerprint density at radius 2 is 1.91 bits per heavy atom. The van der Waals surface area contributed by atoms with Gasteiger partial charge in [-0.25, -0.2) is 4.79 Å². The van der Waals surface area contributed by atoms with E-state index in [2.05, 4.69) is 10.1 Å². The van der Waals surface area contributed by atoms with Gasteiger partial charge in [-0.2, -0.15) is 0 Å². The van der Waals surface area contributed by atoms with Crippen LogP contribution in [0.1, 0.15) is 20.7 Å². The highest BCUT2D eigenvalue weighted by Crippen LogP contribution is 2.29. The number of amides is 1.